The van der Waals surface area contributed by atoms with Gasteiger partial charge in [0.15, 0.2) is 0 Å². The van der Waals surface area contributed by atoms with Crippen LogP contribution in [0.1, 0.15) is 20.7 Å². The van der Waals surface area contributed by atoms with E-state index in [0.717, 1.165) is 0 Å². The molecule has 1 N–H and O–H groups in total. The molecule has 1 heterocycles. The van der Waals surface area contributed by atoms with Gasteiger partial charge in [-0.1, -0.05) is 5.21 Å². The highest BCUT2D eigenvalue weighted by Gasteiger charge is 2.23. The molecule has 0 aliphatic carbocycles. The quantitative estimate of drug-likeness (QED) is 0.763. The van der Waals surface area contributed by atoms with Crippen molar-refractivity contribution >= 4 is 23.0 Å². The van der Waals surface area contributed by atoms with Crippen LogP contribution in [-0.2, 0) is 9.47 Å². The number of fused-ring (bicyclic) bond motifs is 1. The highest BCUT2D eigenvalue weighted by Crippen LogP contribution is 2.20. The molecule has 7 nitrogen and oxygen atoms in total. The molecule has 0 atom stereocenters. The fourth-order valence-electron chi connectivity index (χ4n) is 1.50. The molecule has 88 valence electrons. The molecule has 0 spiro atoms. The predicted octanol–water partition coefficient (Wildman–Crippen LogP) is 0.531. The van der Waals surface area contributed by atoms with Crippen molar-refractivity contribution in [2.24, 2.45) is 0 Å². The van der Waals surface area contributed by atoms with E-state index in [0.29, 0.717) is 5.52 Å². The second-order valence-electron chi connectivity index (χ2n) is 3.18. The van der Waals surface area contributed by atoms with Gasteiger partial charge in [0.05, 0.1) is 25.3 Å². The number of ether oxygens (including phenoxy) is 2. The van der Waals surface area contributed by atoms with Gasteiger partial charge < -0.3 is 9.47 Å². The molecule has 0 unspecified atom stereocenters. The van der Waals surface area contributed by atoms with Crippen molar-refractivity contribution < 1.29 is 19.1 Å². The monoisotopic (exact) mass is 235 g/mol. The van der Waals surface area contributed by atoms with Crippen LogP contribution < -0.4 is 0 Å². The summed E-state index contributed by atoms with van der Waals surface area (Å²) in [4.78, 5) is 23.2. The van der Waals surface area contributed by atoms with Gasteiger partial charge in [0.1, 0.15) is 11.1 Å². The van der Waals surface area contributed by atoms with Gasteiger partial charge in [0.2, 0.25) is 0 Å². The lowest BCUT2D eigenvalue weighted by Gasteiger charge is -2.05. The number of methoxy groups -OCH3 is 2. The molecular formula is C10H9N3O4. The molecule has 2 rings (SSSR count). The molecule has 0 saturated carbocycles. The van der Waals surface area contributed by atoms with E-state index in [4.69, 9.17) is 0 Å². The summed E-state index contributed by atoms with van der Waals surface area (Å²) in [5.74, 6) is -1.29. The van der Waals surface area contributed by atoms with Crippen molar-refractivity contribution in [2.45, 2.75) is 0 Å². The summed E-state index contributed by atoms with van der Waals surface area (Å²) in [5.41, 5.74) is 0.962. The van der Waals surface area contributed by atoms with Gasteiger partial charge >= 0.3 is 11.9 Å². The highest BCUT2D eigenvalue weighted by atomic mass is 16.5. The number of H-pyrrole nitrogens is 1. The fourth-order valence-corrected chi connectivity index (χ4v) is 1.50. The number of esters is 2. The third-order valence-corrected chi connectivity index (χ3v) is 2.29. The maximum Gasteiger partial charge on any atom is 0.341 e. The zero-order valence-electron chi connectivity index (χ0n) is 9.18. The molecule has 0 aliphatic heterocycles. The third-order valence-electron chi connectivity index (χ3n) is 2.29. The molecule has 0 saturated heterocycles. The lowest BCUT2D eigenvalue weighted by Crippen LogP contribution is -2.12. The van der Waals surface area contributed by atoms with Gasteiger partial charge in [-0.2, -0.15) is 0 Å². The van der Waals surface area contributed by atoms with Crippen molar-refractivity contribution in [1.82, 2.24) is 15.4 Å². The Kier molecular flexibility index (Phi) is 2.73. The van der Waals surface area contributed by atoms with Gasteiger partial charge in [-0.3, -0.25) is 5.10 Å². The summed E-state index contributed by atoms with van der Waals surface area (Å²) < 4.78 is 9.21. The Morgan fingerprint density at radius 1 is 1.18 bits per heavy atom. The number of hydrogen-bond donors (Lipinski definition) is 1. The van der Waals surface area contributed by atoms with E-state index in [1.54, 1.807) is 6.07 Å². The Labute approximate surface area is 95.7 Å². The number of nitrogens with zero attached hydrogens (tertiary/aromatic N) is 2. The fraction of sp³-hybridized carbons (Fsp3) is 0.200. The molecular weight excluding hydrogens is 226 g/mol. The minimum atomic E-state index is -0.662. The number of carbonyl (C=O) groups is 2. The van der Waals surface area contributed by atoms with Crippen LogP contribution in [0.3, 0.4) is 0 Å². The van der Waals surface area contributed by atoms with Gasteiger partial charge in [-0.25, -0.2) is 9.59 Å². The second kappa shape index (κ2) is 4.20. The molecule has 1 aromatic heterocycles. The number of nitrogens with one attached hydrogen (secondary N) is 1. The number of rotatable bonds is 2. The minimum Gasteiger partial charge on any atom is -0.465 e. The summed E-state index contributed by atoms with van der Waals surface area (Å²) in [6.45, 7) is 0. The number of aromatic nitrogens is 3. The topological polar surface area (TPSA) is 94.2 Å². The van der Waals surface area contributed by atoms with E-state index in [2.05, 4.69) is 24.9 Å². The number of aromatic amines is 1. The Morgan fingerprint density at radius 3 is 2.53 bits per heavy atom. The lowest BCUT2D eigenvalue weighted by molar-refractivity contribution is 0.0557. The predicted molar refractivity (Wildman–Crippen MR) is 56.6 cm³/mol. The maximum absolute atomic E-state index is 11.7. The van der Waals surface area contributed by atoms with Crippen LogP contribution >= 0.6 is 0 Å². The summed E-state index contributed by atoms with van der Waals surface area (Å²) in [6, 6.07) is 3.05. The first-order chi connectivity index (χ1) is 8.19. The van der Waals surface area contributed by atoms with E-state index in [1.165, 1.54) is 20.3 Å². The largest absolute Gasteiger partial charge is 0.465 e. The molecule has 0 radical (unpaired) electrons. The van der Waals surface area contributed by atoms with E-state index in [1.807, 2.05) is 0 Å². The average Bonchev–Trinajstić information content (AvgIpc) is 2.83. The molecule has 7 heteroatoms. The normalized spacial score (nSPS) is 10.2. The first-order valence-corrected chi connectivity index (χ1v) is 4.69. The summed E-state index contributed by atoms with van der Waals surface area (Å²) >= 11 is 0. The van der Waals surface area contributed by atoms with Gasteiger partial charge in [-0.15, -0.1) is 5.10 Å². The zero-order valence-corrected chi connectivity index (χ0v) is 9.18. The van der Waals surface area contributed by atoms with E-state index in [9.17, 15) is 9.59 Å². The SMILES string of the molecule is COC(=O)c1ccc2[nH]nnc2c1C(=O)OC. The Bertz CT molecular complexity index is 590. The van der Waals surface area contributed by atoms with Crippen molar-refractivity contribution in [3.63, 3.8) is 0 Å². The lowest BCUT2D eigenvalue weighted by atomic mass is 10.1. The third kappa shape index (κ3) is 1.71. The summed E-state index contributed by atoms with van der Waals surface area (Å²) in [5, 5.41) is 9.92. The molecule has 0 amide bonds. The Hall–Kier alpha value is -2.44. The maximum atomic E-state index is 11.7. The van der Waals surface area contributed by atoms with Crippen LogP contribution in [0, 0.1) is 0 Å². The molecule has 1 aromatic carbocycles. The van der Waals surface area contributed by atoms with E-state index < -0.39 is 11.9 Å². The van der Waals surface area contributed by atoms with Crippen LogP contribution in [0.25, 0.3) is 11.0 Å². The van der Waals surface area contributed by atoms with E-state index in [-0.39, 0.29) is 16.6 Å². The Morgan fingerprint density at radius 2 is 1.88 bits per heavy atom. The number of hydrogen-bond acceptors (Lipinski definition) is 6. The van der Waals surface area contributed by atoms with Crippen molar-refractivity contribution in [3.05, 3.63) is 23.3 Å². The van der Waals surface area contributed by atoms with Crippen LogP contribution in [0.2, 0.25) is 0 Å². The molecule has 0 fully saturated rings. The zero-order chi connectivity index (χ0) is 12.4. The van der Waals surface area contributed by atoms with Crippen LogP contribution in [0.5, 0.6) is 0 Å². The smallest absolute Gasteiger partial charge is 0.341 e. The number of carbonyl (C=O) groups excluding carboxylic acids is 2. The van der Waals surface area contributed by atoms with Gasteiger partial charge in [-0.05, 0) is 12.1 Å². The molecule has 2 aromatic rings. The summed E-state index contributed by atoms with van der Waals surface area (Å²) in [6.07, 6.45) is 0. The molecule has 0 bridgehead atoms. The van der Waals surface area contributed by atoms with Crippen molar-refractivity contribution in [3.8, 4) is 0 Å². The standard InChI is InChI=1S/C10H9N3O4/c1-16-9(14)5-3-4-6-8(12-13-11-6)7(5)10(15)17-2/h3-4H,1-2H3,(H,11,12,13). The summed E-state index contributed by atoms with van der Waals surface area (Å²) in [7, 11) is 2.46. The van der Waals surface area contributed by atoms with Gasteiger partial charge in [0, 0.05) is 0 Å². The van der Waals surface area contributed by atoms with Crippen LogP contribution in [-0.4, -0.2) is 41.6 Å². The average molecular weight is 235 g/mol. The first kappa shape index (κ1) is 11.1. The number of benzene rings is 1. The van der Waals surface area contributed by atoms with Crippen LogP contribution in [0.4, 0.5) is 0 Å². The van der Waals surface area contributed by atoms with E-state index >= 15 is 0 Å². The van der Waals surface area contributed by atoms with Crippen molar-refractivity contribution in [2.75, 3.05) is 14.2 Å². The van der Waals surface area contributed by atoms with Crippen LogP contribution in [0.15, 0.2) is 12.1 Å². The minimum absolute atomic E-state index is 0.0469. The Balaban J connectivity index is 2.74. The second-order valence-corrected chi connectivity index (χ2v) is 3.18. The first-order valence-electron chi connectivity index (χ1n) is 4.69. The van der Waals surface area contributed by atoms with Gasteiger partial charge in [0.25, 0.3) is 0 Å². The highest BCUT2D eigenvalue weighted by molar-refractivity contribution is 6.10. The molecule has 0 aliphatic rings. The van der Waals surface area contributed by atoms with Crippen molar-refractivity contribution in [1.29, 1.82) is 0 Å². The molecule has 17 heavy (non-hydrogen) atoms.